The molecule has 0 amide bonds. The monoisotopic (exact) mass is 240 g/mol. The number of hydrogen-bond acceptors (Lipinski definition) is 6. The van der Waals surface area contributed by atoms with Gasteiger partial charge in [0.25, 0.3) is 5.56 Å². The fourth-order valence-corrected chi connectivity index (χ4v) is 2.16. The maximum absolute atomic E-state index is 11.4. The van der Waals surface area contributed by atoms with Gasteiger partial charge in [0.05, 0.1) is 6.61 Å². The first-order valence-corrected chi connectivity index (χ1v) is 5.32. The maximum Gasteiger partial charge on any atom is 0.302 e. The van der Waals surface area contributed by atoms with Crippen LogP contribution in [0.15, 0.2) is 11.0 Å². The Kier molecular flexibility index (Phi) is 2.22. The number of fused-ring (bicyclic) bond motifs is 3. The Balaban J connectivity index is 2.02. The van der Waals surface area contributed by atoms with Crippen LogP contribution < -0.4 is 10.3 Å². The highest BCUT2D eigenvalue weighted by atomic mass is 16.6. The molecular formula is C10H12N2O5. The van der Waals surface area contributed by atoms with Crippen molar-refractivity contribution in [1.82, 2.24) is 9.55 Å². The zero-order valence-electron chi connectivity index (χ0n) is 9.11. The first-order valence-electron chi connectivity index (χ1n) is 5.32. The molecule has 17 heavy (non-hydrogen) atoms. The molecule has 3 heterocycles. The van der Waals surface area contributed by atoms with Gasteiger partial charge in [-0.25, -0.2) is 0 Å². The quantitative estimate of drug-likeness (QED) is 0.624. The molecule has 1 saturated heterocycles. The molecule has 7 heteroatoms. The lowest BCUT2D eigenvalue weighted by atomic mass is 10.1. The minimum Gasteiger partial charge on any atom is -0.453 e. The van der Waals surface area contributed by atoms with E-state index in [0.717, 1.165) is 0 Å². The van der Waals surface area contributed by atoms with Gasteiger partial charge in [0, 0.05) is 11.8 Å². The molecule has 4 atom stereocenters. The third kappa shape index (κ3) is 1.40. The van der Waals surface area contributed by atoms with Crippen molar-refractivity contribution >= 4 is 0 Å². The molecule has 2 N–H and O–H groups in total. The number of aliphatic hydroxyl groups is 2. The van der Waals surface area contributed by atoms with Gasteiger partial charge in [-0.15, -0.1) is 0 Å². The van der Waals surface area contributed by atoms with E-state index in [4.69, 9.17) is 14.6 Å². The number of aryl methyl sites for hydroxylation is 1. The second-order valence-electron chi connectivity index (χ2n) is 4.24. The van der Waals surface area contributed by atoms with Crippen LogP contribution in [0.3, 0.4) is 0 Å². The Labute approximate surface area is 96.2 Å². The lowest BCUT2D eigenvalue weighted by Crippen LogP contribution is -2.34. The minimum atomic E-state index is -0.929. The molecule has 1 fully saturated rings. The SMILES string of the molecule is Cc1cn2c(nc1=O)O[C@@H]1[C@H](O)[C@@H](CO)O[C@H]12. The molecule has 7 nitrogen and oxygen atoms in total. The molecule has 0 bridgehead atoms. The normalized spacial score (nSPS) is 34.3. The largest absolute Gasteiger partial charge is 0.453 e. The second kappa shape index (κ2) is 3.52. The van der Waals surface area contributed by atoms with Crippen molar-refractivity contribution in [1.29, 1.82) is 0 Å². The molecule has 0 unspecified atom stereocenters. The highest BCUT2D eigenvalue weighted by Crippen LogP contribution is 2.38. The molecule has 92 valence electrons. The van der Waals surface area contributed by atoms with Gasteiger partial charge in [0.15, 0.2) is 12.3 Å². The highest BCUT2D eigenvalue weighted by molar-refractivity contribution is 5.15. The van der Waals surface area contributed by atoms with E-state index in [0.29, 0.717) is 5.56 Å². The van der Waals surface area contributed by atoms with Crippen molar-refractivity contribution in [2.75, 3.05) is 6.61 Å². The Morgan fingerprint density at radius 1 is 1.59 bits per heavy atom. The minimum absolute atomic E-state index is 0.144. The van der Waals surface area contributed by atoms with Crippen molar-refractivity contribution in [2.45, 2.75) is 31.5 Å². The molecule has 2 aliphatic rings. The summed E-state index contributed by atoms with van der Waals surface area (Å²) in [5.74, 6) is 0. The number of hydrogen-bond donors (Lipinski definition) is 2. The maximum atomic E-state index is 11.4. The van der Waals surface area contributed by atoms with E-state index in [1.165, 1.54) is 0 Å². The molecule has 0 radical (unpaired) electrons. The van der Waals surface area contributed by atoms with Crippen LogP contribution in [-0.2, 0) is 4.74 Å². The molecule has 1 aromatic rings. The van der Waals surface area contributed by atoms with E-state index >= 15 is 0 Å². The molecule has 0 saturated carbocycles. The van der Waals surface area contributed by atoms with Gasteiger partial charge in [-0.05, 0) is 6.92 Å². The third-order valence-corrected chi connectivity index (χ3v) is 3.10. The van der Waals surface area contributed by atoms with Crippen molar-refractivity contribution in [2.24, 2.45) is 0 Å². The molecule has 0 aliphatic carbocycles. The average Bonchev–Trinajstić information content (AvgIpc) is 2.78. The Morgan fingerprint density at radius 2 is 2.35 bits per heavy atom. The lowest BCUT2D eigenvalue weighted by molar-refractivity contribution is -0.0435. The van der Waals surface area contributed by atoms with E-state index in [9.17, 15) is 9.90 Å². The van der Waals surface area contributed by atoms with Crippen LogP contribution in [0.2, 0.25) is 0 Å². The van der Waals surface area contributed by atoms with Gasteiger partial charge in [-0.3, -0.25) is 9.36 Å². The van der Waals surface area contributed by atoms with E-state index in [-0.39, 0.29) is 18.2 Å². The van der Waals surface area contributed by atoms with Crippen LogP contribution in [0.25, 0.3) is 0 Å². The summed E-state index contributed by atoms with van der Waals surface area (Å²) in [6.45, 7) is 1.37. The van der Waals surface area contributed by atoms with Gasteiger partial charge in [0.1, 0.15) is 12.2 Å². The summed E-state index contributed by atoms with van der Waals surface area (Å²) in [5.41, 5.74) is 0.118. The van der Waals surface area contributed by atoms with E-state index in [2.05, 4.69) is 4.98 Å². The van der Waals surface area contributed by atoms with Crippen molar-refractivity contribution < 1.29 is 19.7 Å². The smallest absolute Gasteiger partial charge is 0.302 e. The molecule has 2 aliphatic heterocycles. The van der Waals surface area contributed by atoms with E-state index < -0.39 is 24.5 Å². The third-order valence-electron chi connectivity index (χ3n) is 3.10. The predicted octanol–water partition coefficient (Wildman–Crippen LogP) is -1.44. The summed E-state index contributed by atoms with van der Waals surface area (Å²) >= 11 is 0. The summed E-state index contributed by atoms with van der Waals surface area (Å²) in [4.78, 5) is 15.1. The van der Waals surface area contributed by atoms with Crippen molar-refractivity contribution in [3.63, 3.8) is 0 Å². The Hall–Kier alpha value is -1.44. The van der Waals surface area contributed by atoms with Crippen LogP contribution in [0.1, 0.15) is 11.8 Å². The number of ether oxygens (including phenoxy) is 2. The molecule has 1 aromatic heterocycles. The summed E-state index contributed by atoms with van der Waals surface area (Å²) < 4.78 is 12.4. The topological polar surface area (TPSA) is 93.8 Å². The van der Waals surface area contributed by atoms with Crippen LogP contribution in [0.4, 0.5) is 0 Å². The second-order valence-corrected chi connectivity index (χ2v) is 4.24. The standard InChI is InChI=1S/C10H12N2O5/c1-4-2-12-9-7(6(14)5(3-13)16-9)17-10(12)11-8(4)15/h2,5-7,9,13-14H,3H2,1H3/t5-,6-,7-,9-/m1/s1. The first kappa shape index (κ1) is 10.7. The lowest BCUT2D eigenvalue weighted by Gasteiger charge is -2.14. The zero-order valence-corrected chi connectivity index (χ0v) is 9.11. The van der Waals surface area contributed by atoms with Crippen LogP contribution in [0, 0.1) is 6.92 Å². The predicted molar refractivity (Wildman–Crippen MR) is 54.7 cm³/mol. The van der Waals surface area contributed by atoms with Gasteiger partial charge < -0.3 is 19.7 Å². The number of nitrogens with zero attached hydrogens (tertiary/aromatic N) is 2. The number of rotatable bonds is 1. The fraction of sp³-hybridized carbons (Fsp3) is 0.600. The van der Waals surface area contributed by atoms with Gasteiger partial charge in [-0.2, -0.15) is 4.98 Å². The van der Waals surface area contributed by atoms with Gasteiger partial charge in [0.2, 0.25) is 0 Å². The molecule has 0 spiro atoms. The summed E-state index contributed by atoms with van der Waals surface area (Å²) in [6, 6.07) is 0.144. The Bertz CT molecular complexity index is 514. The van der Waals surface area contributed by atoms with Crippen molar-refractivity contribution in [3.8, 4) is 6.01 Å². The van der Waals surface area contributed by atoms with E-state index in [1.54, 1.807) is 17.7 Å². The van der Waals surface area contributed by atoms with Crippen LogP contribution in [-0.4, -0.2) is 44.7 Å². The van der Waals surface area contributed by atoms with E-state index in [1.807, 2.05) is 0 Å². The molecular weight excluding hydrogens is 228 g/mol. The first-order chi connectivity index (χ1) is 8.11. The Morgan fingerprint density at radius 3 is 3.06 bits per heavy atom. The van der Waals surface area contributed by atoms with Gasteiger partial charge >= 0.3 is 6.01 Å². The average molecular weight is 240 g/mol. The summed E-state index contributed by atoms with van der Waals surface area (Å²) in [5, 5.41) is 18.9. The van der Waals surface area contributed by atoms with Crippen LogP contribution in [0.5, 0.6) is 6.01 Å². The van der Waals surface area contributed by atoms with Gasteiger partial charge in [-0.1, -0.05) is 0 Å². The van der Waals surface area contributed by atoms with Crippen molar-refractivity contribution in [3.05, 3.63) is 22.1 Å². The molecule has 3 rings (SSSR count). The zero-order chi connectivity index (χ0) is 12.2. The number of aliphatic hydroxyl groups excluding tert-OH is 2. The summed E-state index contributed by atoms with van der Waals surface area (Å²) in [6.07, 6.45) is -1.17. The fourth-order valence-electron chi connectivity index (χ4n) is 2.16. The number of aromatic nitrogens is 2. The highest BCUT2D eigenvalue weighted by Gasteiger charge is 2.50. The molecule has 0 aromatic carbocycles. The van der Waals surface area contributed by atoms with Crippen LogP contribution >= 0.6 is 0 Å². The summed E-state index contributed by atoms with van der Waals surface area (Å²) in [7, 11) is 0.